The van der Waals surface area contributed by atoms with Gasteiger partial charge in [-0.15, -0.1) is 0 Å². The fourth-order valence-corrected chi connectivity index (χ4v) is 5.20. The lowest BCUT2D eigenvalue weighted by Gasteiger charge is -2.35. The van der Waals surface area contributed by atoms with Gasteiger partial charge in [0.15, 0.2) is 0 Å². The summed E-state index contributed by atoms with van der Waals surface area (Å²) in [5.74, 6) is -0.924. The van der Waals surface area contributed by atoms with Gasteiger partial charge in [0, 0.05) is 0 Å². The maximum atomic E-state index is 11.9. The molecule has 166 valence electrons. The Balaban J connectivity index is 0.000000176. The summed E-state index contributed by atoms with van der Waals surface area (Å²) in [4.78, 5) is 23.4. The van der Waals surface area contributed by atoms with Gasteiger partial charge in [-0.3, -0.25) is 14.8 Å². The molecule has 0 heterocycles. The minimum atomic E-state index is -0.659. The molecule has 5 heteroatoms. The van der Waals surface area contributed by atoms with Crippen molar-refractivity contribution in [2.24, 2.45) is 0 Å². The van der Waals surface area contributed by atoms with E-state index in [1.54, 1.807) is 0 Å². The number of nitrogens with one attached hydrogen (secondary N) is 1. The predicted molar refractivity (Wildman–Crippen MR) is 120 cm³/mol. The standard InChI is InChI=1S/C13H17NO2.C13H16O2/c15-12(14-16)13(9-5-2-6-10-13)11-7-3-1-4-8-11;14-12(15)13(9-5-2-6-10-13)11-7-3-1-4-8-11/h1,3-4,7-8,16H,2,5-6,9-10H2,(H,14,15);1,3-4,7-8H,2,5-6,9-10H2,(H,14,15). The van der Waals surface area contributed by atoms with E-state index in [1.165, 1.54) is 12.8 Å². The number of amides is 1. The van der Waals surface area contributed by atoms with Crippen molar-refractivity contribution in [2.75, 3.05) is 0 Å². The van der Waals surface area contributed by atoms with Crippen LogP contribution < -0.4 is 5.48 Å². The third-order valence-corrected chi connectivity index (χ3v) is 7.01. The normalized spacial score (nSPS) is 19.4. The predicted octanol–water partition coefficient (Wildman–Crippen LogP) is 5.37. The van der Waals surface area contributed by atoms with Crippen molar-refractivity contribution in [3.8, 4) is 0 Å². The van der Waals surface area contributed by atoms with Crippen LogP contribution in [0.25, 0.3) is 0 Å². The van der Waals surface area contributed by atoms with Crippen LogP contribution in [0, 0.1) is 0 Å². The molecule has 31 heavy (non-hydrogen) atoms. The van der Waals surface area contributed by atoms with Crippen LogP contribution in [0.4, 0.5) is 0 Å². The van der Waals surface area contributed by atoms with Gasteiger partial charge in [-0.2, -0.15) is 0 Å². The van der Waals surface area contributed by atoms with E-state index in [4.69, 9.17) is 5.21 Å². The Morgan fingerprint density at radius 2 is 1.03 bits per heavy atom. The van der Waals surface area contributed by atoms with E-state index in [0.29, 0.717) is 0 Å². The van der Waals surface area contributed by atoms with Gasteiger partial charge < -0.3 is 5.11 Å². The average molecular weight is 424 g/mol. The summed E-state index contributed by atoms with van der Waals surface area (Å²) in [6, 6.07) is 19.4. The molecule has 0 aliphatic heterocycles. The second kappa shape index (κ2) is 10.6. The van der Waals surface area contributed by atoms with Gasteiger partial charge in [0.1, 0.15) is 0 Å². The summed E-state index contributed by atoms with van der Waals surface area (Å²) < 4.78 is 0. The van der Waals surface area contributed by atoms with Crippen LogP contribution in [0.3, 0.4) is 0 Å². The molecule has 0 spiro atoms. The largest absolute Gasteiger partial charge is 0.481 e. The minimum absolute atomic E-state index is 0.265. The van der Waals surface area contributed by atoms with Gasteiger partial charge in [0.2, 0.25) is 0 Å². The molecule has 2 aromatic rings. The maximum Gasteiger partial charge on any atom is 0.314 e. The molecule has 4 rings (SSSR count). The van der Waals surface area contributed by atoms with Gasteiger partial charge in [-0.1, -0.05) is 99.2 Å². The molecule has 0 aromatic heterocycles. The minimum Gasteiger partial charge on any atom is -0.481 e. The first-order valence-electron chi connectivity index (χ1n) is 11.3. The average Bonchev–Trinajstić information content (AvgIpc) is 2.85. The number of carbonyl (C=O) groups excluding carboxylic acids is 1. The van der Waals surface area contributed by atoms with Gasteiger partial charge >= 0.3 is 5.97 Å². The number of benzene rings is 2. The van der Waals surface area contributed by atoms with Gasteiger partial charge in [0.05, 0.1) is 10.8 Å². The number of carboxylic acid groups (broad SMARTS) is 1. The van der Waals surface area contributed by atoms with Gasteiger partial charge in [0.25, 0.3) is 5.91 Å². The molecule has 0 bridgehead atoms. The zero-order chi connectivity index (χ0) is 22.2. The first-order valence-corrected chi connectivity index (χ1v) is 11.3. The SMILES string of the molecule is O=C(NO)C1(c2ccccc2)CCCCC1.O=C(O)C1(c2ccccc2)CCCCC1. The number of carboxylic acids is 1. The van der Waals surface area contributed by atoms with Crippen molar-refractivity contribution in [1.82, 2.24) is 5.48 Å². The van der Waals surface area contributed by atoms with E-state index in [-0.39, 0.29) is 5.91 Å². The number of rotatable bonds is 4. The van der Waals surface area contributed by atoms with Crippen molar-refractivity contribution in [2.45, 2.75) is 75.0 Å². The van der Waals surface area contributed by atoms with Crippen LogP contribution in [0.15, 0.2) is 60.7 Å². The number of hydrogen-bond acceptors (Lipinski definition) is 3. The Kier molecular flexibility index (Phi) is 7.85. The molecule has 2 aliphatic carbocycles. The Bertz CT molecular complexity index is 838. The second-order valence-corrected chi connectivity index (χ2v) is 8.76. The Labute approximate surface area is 184 Å². The molecule has 2 fully saturated rings. The number of hydrogen-bond donors (Lipinski definition) is 3. The smallest absolute Gasteiger partial charge is 0.314 e. The molecular formula is C26H33NO4. The van der Waals surface area contributed by atoms with Crippen LogP contribution >= 0.6 is 0 Å². The van der Waals surface area contributed by atoms with E-state index in [2.05, 4.69) is 0 Å². The van der Waals surface area contributed by atoms with Crippen molar-refractivity contribution in [1.29, 1.82) is 0 Å². The summed E-state index contributed by atoms with van der Waals surface area (Å²) in [6.45, 7) is 0. The first kappa shape index (κ1) is 23.0. The zero-order valence-corrected chi connectivity index (χ0v) is 18.1. The lowest BCUT2D eigenvalue weighted by atomic mass is 9.69. The molecule has 2 aromatic carbocycles. The fourth-order valence-electron chi connectivity index (χ4n) is 5.20. The van der Waals surface area contributed by atoms with Crippen LogP contribution in [0.2, 0.25) is 0 Å². The lowest BCUT2D eigenvalue weighted by Crippen LogP contribution is -2.44. The van der Waals surface area contributed by atoms with E-state index in [1.807, 2.05) is 66.1 Å². The Morgan fingerprint density at radius 1 is 0.645 bits per heavy atom. The molecule has 1 amide bonds. The van der Waals surface area contributed by atoms with Crippen molar-refractivity contribution >= 4 is 11.9 Å². The van der Waals surface area contributed by atoms with E-state index in [0.717, 1.165) is 62.5 Å². The molecular weight excluding hydrogens is 390 g/mol. The van der Waals surface area contributed by atoms with E-state index in [9.17, 15) is 14.7 Å². The first-order chi connectivity index (χ1) is 15.0. The number of carbonyl (C=O) groups is 2. The highest BCUT2D eigenvalue weighted by Crippen LogP contribution is 2.40. The summed E-state index contributed by atoms with van der Waals surface area (Å²) in [7, 11) is 0. The Morgan fingerprint density at radius 3 is 1.42 bits per heavy atom. The van der Waals surface area contributed by atoms with Crippen LogP contribution in [0.1, 0.15) is 75.3 Å². The zero-order valence-electron chi connectivity index (χ0n) is 18.1. The lowest BCUT2D eigenvalue weighted by molar-refractivity contribution is -0.145. The van der Waals surface area contributed by atoms with Crippen molar-refractivity contribution in [3.63, 3.8) is 0 Å². The molecule has 0 unspecified atom stereocenters. The molecule has 0 radical (unpaired) electrons. The van der Waals surface area contributed by atoms with Crippen LogP contribution in [0.5, 0.6) is 0 Å². The highest BCUT2D eigenvalue weighted by molar-refractivity contribution is 5.87. The molecule has 2 aliphatic rings. The number of hydroxylamine groups is 1. The van der Waals surface area contributed by atoms with Crippen LogP contribution in [-0.4, -0.2) is 22.2 Å². The summed E-state index contributed by atoms with van der Waals surface area (Å²) in [6.07, 6.45) is 9.70. The summed E-state index contributed by atoms with van der Waals surface area (Å²) in [5.41, 5.74) is 2.69. The third kappa shape index (κ3) is 4.99. The highest BCUT2D eigenvalue weighted by Gasteiger charge is 2.41. The van der Waals surface area contributed by atoms with E-state index < -0.39 is 16.8 Å². The quantitative estimate of drug-likeness (QED) is 0.456. The molecule has 0 atom stereocenters. The summed E-state index contributed by atoms with van der Waals surface area (Å²) in [5, 5.41) is 18.4. The topological polar surface area (TPSA) is 86.6 Å². The van der Waals surface area contributed by atoms with E-state index >= 15 is 0 Å². The fraction of sp³-hybridized carbons (Fsp3) is 0.462. The summed E-state index contributed by atoms with van der Waals surface area (Å²) >= 11 is 0. The van der Waals surface area contributed by atoms with Crippen LogP contribution in [-0.2, 0) is 20.4 Å². The van der Waals surface area contributed by atoms with Crippen molar-refractivity contribution in [3.05, 3.63) is 71.8 Å². The van der Waals surface area contributed by atoms with Crippen molar-refractivity contribution < 1.29 is 19.9 Å². The molecule has 5 nitrogen and oxygen atoms in total. The monoisotopic (exact) mass is 423 g/mol. The molecule has 3 N–H and O–H groups in total. The van der Waals surface area contributed by atoms with Gasteiger partial charge in [-0.25, -0.2) is 5.48 Å². The molecule has 0 saturated heterocycles. The molecule has 2 saturated carbocycles. The second-order valence-electron chi connectivity index (χ2n) is 8.76. The highest BCUT2D eigenvalue weighted by atomic mass is 16.5. The Hall–Kier alpha value is -2.66. The maximum absolute atomic E-state index is 11.9. The third-order valence-electron chi connectivity index (χ3n) is 7.01. The van der Waals surface area contributed by atoms with Gasteiger partial charge in [-0.05, 0) is 36.8 Å². The number of aliphatic carboxylic acids is 1.